The number of para-hydroxylation sites is 1. The first-order chi connectivity index (χ1) is 11.3. The van der Waals surface area contributed by atoms with Gasteiger partial charge in [0.25, 0.3) is 0 Å². The molecule has 0 saturated carbocycles. The Kier molecular flexibility index (Phi) is 3.76. The average Bonchev–Trinajstić information content (AvgIpc) is 2.94. The zero-order valence-electron chi connectivity index (χ0n) is 12.6. The van der Waals surface area contributed by atoms with E-state index < -0.39 is 0 Å². The molecule has 1 heterocycles. The first kappa shape index (κ1) is 14.3. The van der Waals surface area contributed by atoms with Gasteiger partial charge in [-0.25, -0.2) is 0 Å². The van der Waals surface area contributed by atoms with Crippen LogP contribution in [0.25, 0.3) is 16.6 Å². The van der Waals surface area contributed by atoms with E-state index in [1.165, 1.54) is 27.7 Å². The normalized spacial score (nSPS) is 11.0. The van der Waals surface area contributed by atoms with Gasteiger partial charge >= 0.3 is 0 Å². The zero-order chi connectivity index (χ0) is 15.6. The second-order valence-corrected chi connectivity index (χ2v) is 6.60. The quantitative estimate of drug-likeness (QED) is 0.422. The second kappa shape index (κ2) is 6.05. The number of hydrogen-bond donors (Lipinski definition) is 0. The summed E-state index contributed by atoms with van der Waals surface area (Å²) in [6.45, 7) is 0. The van der Waals surface area contributed by atoms with Crippen LogP contribution in [0, 0.1) is 0 Å². The summed E-state index contributed by atoms with van der Waals surface area (Å²) >= 11 is 3.61. The van der Waals surface area contributed by atoms with Crippen molar-refractivity contribution < 1.29 is 0 Å². The van der Waals surface area contributed by atoms with Gasteiger partial charge in [0, 0.05) is 21.7 Å². The Morgan fingerprint density at radius 1 is 0.783 bits per heavy atom. The molecule has 4 rings (SSSR count). The lowest BCUT2D eigenvalue weighted by molar-refractivity contribution is 1.10. The molecule has 0 aliphatic heterocycles. The van der Waals surface area contributed by atoms with Gasteiger partial charge in [-0.05, 0) is 47.9 Å². The van der Waals surface area contributed by atoms with Gasteiger partial charge in [0.15, 0.2) is 0 Å². The lowest BCUT2D eigenvalue weighted by atomic mass is 10.0. The number of fused-ring (bicyclic) bond motifs is 1. The van der Waals surface area contributed by atoms with Crippen LogP contribution in [0.5, 0.6) is 0 Å². The van der Waals surface area contributed by atoms with Crippen molar-refractivity contribution in [1.29, 1.82) is 0 Å². The van der Waals surface area contributed by atoms with Crippen LogP contribution < -0.4 is 0 Å². The van der Waals surface area contributed by atoms with E-state index in [-0.39, 0.29) is 0 Å². The third kappa shape index (κ3) is 2.82. The van der Waals surface area contributed by atoms with Crippen LogP contribution in [-0.4, -0.2) is 4.57 Å². The van der Waals surface area contributed by atoms with Crippen molar-refractivity contribution in [2.75, 3.05) is 0 Å². The highest BCUT2D eigenvalue weighted by Gasteiger charge is 2.10. The zero-order valence-corrected chi connectivity index (χ0v) is 14.2. The van der Waals surface area contributed by atoms with Crippen LogP contribution in [-0.2, 0) is 6.42 Å². The van der Waals surface area contributed by atoms with Crippen molar-refractivity contribution in [2.24, 2.45) is 0 Å². The van der Waals surface area contributed by atoms with Crippen molar-refractivity contribution in [1.82, 2.24) is 4.57 Å². The summed E-state index contributed by atoms with van der Waals surface area (Å²) in [5.41, 5.74) is 5.11. The number of aromatic nitrogens is 1. The minimum absolute atomic E-state index is 0.938. The number of rotatable bonds is 3. The molecule has 0 atom stereocenters. The lowest BCUT2D eigenvalue weighted by Crippen LogP contribution is -1.91. The number of hydrogen-bond acceptors (Lipinski definition) is 0. The SMILES string of the molecule is Brc1ccc2c(c1)c(Cc1ccccc1)cn2-c1ccccc1. The summed E-state index contributed by atoms with van der Waals surface area (Å²) in [6.07, 6.45) is 3.20. The van der Waals surface area contributed by atoms with Gasteiger partial charge < -0.3 is 4.57 Å². The summed E-state index contributed by atoms with van der Waals surface area (Å²) in [6, 6.07) is 27.6. The Balaban J connectivity index is 1.89. The smallest absolute Gasteiger partial charge is 0.0532 e. The van der Waals surface area contributed by atoms with Gasteiger partial charge in [0.1, 0.15) is 0 Å². The Morgan fingerprint density at radius 3 is 2.22 bits per heavy atom. The van der Waals surface area contributed by atoms with Crippen LogP contribution in [0.3, 0.4) is 0 Å². The van der Waals surface area contributed by atoms with E-state index in [4.69, 9.17) is 0 Å². The maximum absolute atomic E-state index is 3.61. The molecule has 23 heavy (non-hydrogen) atoms. The maximum atomic E-state index is 3.61. The van der Waals surface area contributed by atoms with E-state index >= 15 is 0 Å². The van der Waals surface area contributed by atoms with Crippen molar-refractivity contribution in [3.63, 3.8) is 0 Å². The van der Waals surface area contributed by atoms with Crippen molar-refractivity contribution in [3.05, 3.63) is 101 Å². The van der Waals surface area contributed by atoms with Crippen LogP contribution >= 0.6 is 15.9 Å². The molecule has 0 radical (unpaired) electrons. The molecule has 0 N–H and O–H groups in total. The molecule has 1 aromatic heterocycles. The first-order valence-corrected chi connectivity index (χ1v) is 8.49. The maximum Gasteiger partial charge on any atom is 0.0532 e. The summed E-state index contributed by atoms with van der Waals surface area (Å²) in [5, 5.41) is 1.30. The molecular weight excluding hydrogens is 346 g/mol. The van der Waals surface area contributed by atoms with Crippen molar-refractivity contribution in [2.45, 2.75) is 6.42 Å². The Morgan fingerprint density at radius 2 is 1.48 bits per heavy atom. The Labute approximate surface area is 144 Å². The first-order valence-electron chi connectivity index (χ1n) is 7.70. The molecule has 2 heteroatoms. The molecule has 1 nitrogen and oxygen atoms in total. The second-order valence-electron chi connectivity index (χ2n) is 5.68. The molecule has 112 valence electrons. The van der Waals surface area contributed by atoms with Gasteiger partial charge in [-0.3, -0.25) is 0 Å². The summed E-state index contributed by atoms with van der Waals surface area (Å²) < 4.78 is 3.39. The monoisotopic (exact) mass is 361 g/mol. The van der Waals surface area contributed by atoms with E-state index in [1.54, 1.807) is 0 Å². The standard InChI is InChI=1S/C21H16BrN/c22-18-11-12-21-20(14-18)17(13-16-7-3-1-4-8-16)15-23(21)19-9-5-2-6-10-19/h1-12,14-15H,13H2. The van der Waals surface area contributed by atoms with Gasteiger partial charge in [0.05, 0.1) is 5.52 Å². The fourth-order valence-electron chi connectivity index (χ4n) is 3.03. The molecule has 0 amide bonds. The fraction of sp³-hybridized carbons (Fsp3) is 0.0476. The van der Waals surface area contributed by atoms with E-state index in [0.29, 0.717) is 0 Å². The van der Waals surface area contributed by atoms with E-state index in [1.807, 2.05) is 0 Å². The number of nitrogens with zero attached hydrogens (tertiary/aromatic N) is 1. The molecule has 3 aromatic carbocycles. The summed E-state index contributed by atoms with van der Waals surface area (Å²) in [5.74, 6) is 0. The molecule has 0 aliphatic carbocycles. The van der Waals surface area contributed by atoms with Crippen LogP contribution in [0.15, 0.2) is 89.5 Å². The molecule has 0 bridgehead atoms. The van der Waals surface area contributed by atoms with Gasteiger partial charge in [-0.2, -0.15) is 0 Å². The highest BCUT2D eigenvalue weighted by molar-refractivity contribution is 9.10. The Bertz CT molecular complexity index is 940. The molecule has 0 saturated heterocycles. The average molecular weight is 362 g/mol. The number of benzene rings is 3. The van der Waals surface area contributed by atoms with Gasteiger partial charge in [0.2, 0.25) is 0 Å². The van der Waals surface area contributed by atoms with E-state index in [2.05, 4.69) is 106 Å². The van der Waals surface area contributed by atoms with Crippen molar-refractivity contribution >= 4 is 26.8 Å². The molecule has 0 spiro atoms. The predicted molar refractivity (Wildman–Crippen MR) is 100 cm³/mol. The Hall–Kier alpha value is -2.32. The highest BCUT2D eigenvalue weighted by atomic mass is 79.9. The summed E-state index contributed by atoms with van der Waals surface area (Å²) in [4.78, 5) is 0. The molecule has 0 unspecified atom stereocenters. The summed E-state index contributed by atoms with van der Waals surface area (Å²) in [7, 11) is 0. The predicted octanol–water partition coefficient (Wildman–Crippen LogP) is 5.98. The number of halogens is 1. The lowest BCUT2D eigenvalue weighted by Gasteiger charge is -2.04. The largest absolute Gasteiger partial charge is 0.316 e. The van der Waals surface area contributed by atoms with Crippen LogP contribution in [0.1, 0.15) is 11.1 Å². The molecule has 0 fully saturated rings. The van der Waals surface area contributed by atoms with Crippen LogP contribution in [0.2, 0.25) is 0 Å². The van der Waals surface area contributed by atoms with Gasteiger partial charge in [-0.1, -0.05) is 64.5 Å². The van der Waals surface area contributed by atoms with Gasteiger partial charge in [-0.15, -0.1) is 0 Å². The van der Waals surface area contributed by atoms with E-state index in [9.17, 15) is 0 Å². The van der Waals surface area contributed by atoms with Crippen molar-refractivity contribution in [3.8, 4) is 5.69 Å². The molecule has 4 aromatic rings. The third-order valence-electron chi connectivity index (χ3n) is 4.12. The third-order valence-corrected chi connectivity index (χ3v) is 4.61. The topological polar surface area (TPSA) is 4.93 Å². The fourth-order valence-corrected chi connectivity index (χ4v) is 3.39. The van der Waals surface area contributed by atoms with Crippen LogP contribution in [0.4, 0.5) is 0 Å². The minimum Gasteiger partial charge on any atom is -0.316 e. The highest BCUT2D eigenvalue weighted by Crippen LogP contribution is 2.29. The molecule has 0 aliphatic rings. The molecular formula is C21H16BrN. The van der Waals surface area contributed by atoms with E-state index in [0.717, 1.165) is 10.9 Å². The minimum atomic E-state index is 0.938.